The molecule has 240 valence electrons. The first-order valence-corrected chi connectivity index (χ1v) is 19.4. The molecule has 13 N–H and O–H groups in total. The highest BCUT2D eigenvalue weighted by atomic mass is 31.3. The summed E-state index contributed by atoms with van der Waals surface area (Å²) in [4.78, 5) is 119. The van der Waals surface area contributed by atoms with Crippen LogP contribution in [0.3, 0.4) is 0 Å². The van der Waals surface area contributed by atoms with Crippen LogP contribution in [0.1, 0.15) is 0 Å². The molecule has 1 aliphatic carbocycles. The van der Waals surface area contributed by atoms with E-state index in [9.17, 15) is 85.8 Å². The summed E-state index contributed by atoms with van der Waals surface area (Å²) in [5, 5.41) is 0. The van der Waals surface area contributed by atoms with E-state index < -0.39 is 91.4 Å². The Morgan fingerprint density at radius 3 is 0.625 bits per heavy atom. The third-order valence-corrected chi connectivity index (χ3v) is 8.48. The largest absolute Gasteiger partial charge is 0.481 e. The maximum atomic E-state index is 12.2. The second kappa shape index (κ2) is 13.0. The standard InChI is InChI=1S/C6H19O27P7/c7-34(8,9)27-1-2(28-35(10,11)12)4(30-37(16,17)18)6(32-40(25,26)33-39(22,23)24)5(31-38(19,20)21)3(1)29-36(13,14)15/h1-6H,(H,25,26)(H2,7,8,9)(H2,10,11,12)(H2,13,14,15)(H2,16,17,18)(H2,19,20,21)(H2,22,23,24)/t1?,2-,3+,4-,5-,6?/m0/s1. The van der Waals surface area contributed by atoms with Gasteiger partial charge in [-0.05, 0) is 0 Å². The van der Waals surface area contributed by atoms with Gasteiger partial charge in [-0.2, -0.15) is 4.31 Å². The van der Waals surface area contributed by atoms with Crippen LogP contribution >= 0.6 is 54.8 Å². The van der Waals surface area contributed by atoms with Crippen LogP contribution in [0.4, 0.5) is 0 Å². The Kier molecular flexibility index (Phi) is 12.7. The van der Waals surface area contributed by atoms with Crippen LogP contribution in [0.25, 0.3) is 0 Å². The van der Waals surface area contributed by atoms with Gasteiger partial charge in [0.1, 0.15) is 36.6 Å². The van der Waals surface area contributed by atoms with Gasteiger partial charge in [0.15, 0.2) is 0 Å². The number of phosphoric ester groups is 6. The van der Waals surface area contributed by atoms with Gasteiger partial charge in [0, 0.05) is 0 Å². The number of hydrogen-bond acceptors (Lipinski definition) is 14. The lowest BCUT2D eigenvalue weighted by Crippen LogP contribution is -2.66. The normalized spacial score (nSPS) is 29.2. The molecular formula is C6H19O27P7. The van der Waals surface area contributed by atoms with Crippen LogP contribution < -0.4 is 0 Å². The van der Waals surface area contributed by atoms with Crippen molar-refractivity contribution in [3.63, 3.8) is 0 Å². The van der Waals surface area contributed by atoms with Gasteiger partial charge in [-0.3, -0.25) is 27.1 Å². The highest BCUT2D eigenvalue weighted by Crippen LogP contribution is 2.62. The lowest BCUT2D eigenvalue weighted by atomic mass is 9.85. The van der Waals surface area contributed by atoms with E-state index in [1.165, 1.54) is 0 Å². The zero-order chi connectivity index (χ0) is 31.9. The Bertz CT molecular complexity index is 1160. The van der Waals surface area contributed by atoms with Crippen molar-refractivity contribution >= 4 is 54.8 Å². The Morgan fingerprint density at radius 2 is 0.475 bits per heavy atom. The fraction of sp³-hybridized carbons (Fsp3) is 1.00. The molecule has 0 saturated heterocycles. The van der Waals surface area contributed by atoms with Crippen molar-refractivity contribution in [1.29, 1.82) is 0 Å². The summed E-state index contributed by atoms with van der Waals surface area (Å²) < 4.78 is 109. The minimum atomic E-state index is -6.43. The minimum Gasteiger partial charge on any atom is -0.303 e. The minimum absolute atomic E-state index is 3.27. The molecule has 0 aromatic rings. The van der Waals surface area contributed by atoms with E-state index in [2.05, 4.69) is 31.5 Å². The molecule has 7 atom stereocenters. The van der Waals surface area contributed by atoms with E-state index in [0.29, 0.717) is 0 Å². The second-order valence-corrected chi connectivity index (χ2v) is 15.7. The molecule has 0 heterocycles. The van der Waals surface area contributed by atoms with Crippen molar-refractivity contribution in [1.82, 2.24) is 0 Å². The van der Waals surface area contributed by atoms with E-state index in [0.717, 1.165) is 0 Å². The highest BCUT2D eigenvalue weighted by molar-refractivity contribution is 7.60. The Balaban J connectivity index is 4.13. The summed E-state index contributed by atoms with van der Waals surface area (Å²) in [6.07, 6.45) is -19.9. The van der Waals surface area contributed by atoms with Gasteiger partial charge in [0.25, 0.3) is 0 Å². The number of rotatable bonds is 14. The summed E-state index contributed by atoms with van der Waals surface area (Å²) in [6, 6.07) is 0. The smallest absolute Gasteiger partial charge is 0.303 e. The zero-order valence-corrected chi connectivity index (χ0v) is 24.4. The van der Waals surface area contributed by atoms with E-state index >= 15 is 0 Å². The molecule has 27 nitrogen and oxygen atoms in total. The number of hydrogen-bond donors (Lipinski definition) is 13. The van der Waals surface area contributed by atoms with Crippen molar-refractivity contribution < 1.29 is 127 Å². The lowest BCUT2D eigenvalue weighted by molar-refractivity contribution is -0.201. The SMILES string of the molecule is O=P(O)(O)OC1[C@@H](OP(=O)(O)O)[C@H](OP(=O)(O)O)C(OP(=O)(O)OP(=O)(O)O)[C@@H](OP(=O)(O)O)[C@H]1OP(=O)(O)O. The van der Waals surface area contributed by atoms with Crippen molar-refractivity contribution in [2.45, 2.75) is 36.6 Å². The molecule has 1 aliphatic rings. The molecule has 40 heavy (non-hydrogen) atoms. The molecule has 3 unspecified atom stereocenters. The third-order valence-electron chi connectivity index (χ3n) is 3.70. The van der Waals surface area contributed by atoms with Crippen LogP contribution in [0, 0.1) is 0 Å². The maximum absolute atomic E-state index is 12.2. The lowest BCUT2D eigenvalue weighted by Gasteiger charge is -2.48. The van der Waals surface area contributed by atoms with Crippen molar-refractivity contribution in [3.05, 3.63) is 0 Å². The number of phosphoric acid groups is 7. The molecule has 34 heteroatoms. The fourth-order valence-corrected chi connectivity index (χ4v) is 7.50. The molecule has 0 amide bonds. The molecule has 0 aromatic carbocycles. The molecule has 1 saturated carbocycles. The summed E-state index contributed by atoms with van der Waals surface area (Å²) in [5.41, 5.74) is 0. The van der Waals surface area contributed by atoms with Gasteiger partial charge >= 0.3 is 54.8 Å². The first-order valence-electron chi connectivity index (χ1n) is 8.75. The summed E-state index contributed by atoms with van der Waals surface area (Å²) in [6.45, 7) is 0. The molecule has 0 spiro atoms. The molecule has 1 fully saturated rings. The fourth-order valence-electron chi connectivity index (χ4n) is 2.94. The van der Waals surface area contributed by atoms with Crippen LogP contribution in [-0.2, 0) is 63.4 Å². The van der Waals surface area contributed by atoms with Gasteiger partial charge in [-0.25, -0.2) is 32.0 Å². The quantitative estimate of drug-likeness (QED) is 0.0788. The molecule has 0 bridgehead atoms. The molecule has 0 aromatic heterocycles. The molecule has 1 rings (SSSR count). The first-order chi connectivity index (χ1) is 17.3. The predicted molar refractivity (Wildman–Crippen MR) is 112 cm³/mol. The summed E-state index contributed by atoms with van der Waals surface area (Å²) in [7, 11) is -43.3. The van der Waals surface area contributed by atoms with Gasteiger partial charge in [0.2, 0.25) is 0 Å². The Hall–Kier alpha value is 0.810. The van der Waals surface area contributed by atoms with Crippen LogP contribution in [0.5, 0.6) is 0 Å². The Morgan fingerprint density at radius 1 is 0.300 bits per heavy atom. The maximum Gasteiger partial charge on any atom is 0.481 e. The zero-order valence-electron chi connectivity index (χ0n) is 18.1. The average molecular weight is 740 g/mol. The monoisotopic (exact) mass is 740 g/mol. The van der Waals surface area contributed by atoms with Crippen LogP contribution in [-0.4, -0.2) is 100 Å². The van der Waals surface area contributed by atoms with Gasteiger partial charge in [0.05, 0.1) is 0 Å². The van der Waals surface area contributed by atoms with E-state index in [-0.39, 0.29) is 0 Å². The van der Waals surface area contributed by atoms with E-state index in [4.69, 9.17) is 9.79 Å². The molecular weight excluding hydrogens is 721 g/mol. The first kappa shape index (κ1) is 38.8. The molecule has 0 radical (unpaired) electrons. The van der Waals surface area contributed by atoms with Gasteiger partial charge in [-0.1, -0.05) is 0 Å². The van der Waals surface area contributed by atoms with Crippen molar-refractivity contribution in [2.24, 2.45) is 0 Å². The van der Waals surface area contributed by atoms with Crippen molar-refractivity contribution in [2.75, 3.05) is 0 Å². The summed E-state index contributed by atoms with van der Waals surface area (Å²) >= 11 is 0. The van der Waals surface area contributed by atoms with Crippen LogP contribution in [0.15, 0.2) is 0 Å². The van der Waals surface area contributed by atoms with E-state index in [1.807, 2.05) is 0 Å². The van der Waals surface area contributed by atoms with E-state index in [1.54, 1.807) is 0 Å². The summed E-state index contributed by atoms with van der Waals surface area (Å²) in [5.74, 6) is 0. The highest BCUT2D eigenvalue weighted by Gasteiger charge is 2.63. The topological polar surface area (TPSA) is 447 Å². The van der Waals surface area contributed by atoms with Crippen LogP contribution in [0.2, 0.25) is 0 Å². The van der Waals surface area contributed by atoms with Gasteiger partial charge in [-0.15, -0.1) is 0 Å². The Labute approximate surface area is 219 Å². The third kappa shape index (κ3) is 15.0. The van der Waals surface area contributed by atoms with Crippen molar-refractivity contribution in [3.8, 4) is 0 Å². The molecule has 0 aliphatic heterocycles. The second-order valence-electron chi connectivity index (χ2n) is 6.91. The predicted octanol–water partition coefficient (Wildman–Crippen LogP) is -3.02. The average Bonchev–Trinajstić information content (AvgIpc) is 2.57. The van der Waals surface area contributed by atoms with Gasteiger partial charge < -0.3 is 63.6 Å².